The molecule has 0 unspecified atom stereocenters. The lowest BCUT2D eigenvalue weighted by atomic mass is 10.1. The predicted molar refractivity (Wildman–Crippen MR) is 150 cm³/mol. The summed E-state index contributed by atoms with van der Waals surface area (Å²) in [5.74, 6) is 2.03. The average Bonchev–Trinajstić information content (AvgIpc) is 3.12. The Balaban J connectivity index is 1.41. The van der Waals surface area contributed by atoms with Crippen molar-refractivity contribution in [3.05, 3.63) is 93.9 Å². The molecule has 3 aromatic rings. The van der Waals surface area contributed by atoms with Crippen LogP contribution in [0.5, 0.6) is 17.2 Å². The van der Waals surface area contributed by atoms with E-state index in [0.717, 1.165) is 22.4 Å². The summed E-state index contributed by atoms with van der Waals surface area (Å²) in [5.41, 5.74) is 4.19. The van der Waals surface area contributed by atoms with E-state index in [1.807, 2.05) is 80.6 Å². The normalized spacial score (nSPS) is 14.4. The van der Waals surface area contributed by atoms with Crippen LogP contribution in [-0.2, 0) is 11.3 Å². The molecule has 1 heterocycles. The Morgan fingerprint density at radius 1 is 0.889 bits per heavy atom. The molecule has 4 rings (SSSR count). The van der Waals surface area contributed by atoms with Gasteiger partial charge >= 0.3 is 0 Å². The molecular weight excluding hydrogens is 490 g/mol. The molecule has 1 aliphatic heterocycles. The summed E-state index contributed by atoms with van der Waals surface area (Å²) in [5, 5.41) is 0. The maximum absolute atomic E-state index is 13.0. The van der Waals surface area contributed by atoms with Gasteiger partial charge in [0.25, 0.3) is 5.91 Å². The second-order valence-electron chi connectivity index (χ2n) is 8.36. The van der Waals surface area contributed by atoms with Crippen LogP contribution in [0, 0.1) is 13.8 Å². The maximum atomic E-state index is 13.0. The van der Waals surface area contributed by atoms with E-state index < -0.39 is 0 Å². The molecule has 0 saturated carbocycles. The Labute approximate surface area is 222 Å². The summed E-state index contributed by atoms with van der Waals surface area (Å²) >= 11 is 6.79. The molecule has 0 radical (unpaired) electrons. The van der Waals surface area contributed by atoms with E-state index in [-0.39, 0.29) is 5.91 Å². The Morgan fingerprint density at radius 3 is 2.33 bits per heavy atom. The second kappa shape index (κ2) is 12.1. The van der Waals surface area contributed by atoms with Crippen LogP contribution in [0.25, 0.3) is 6.08 Å². The van der Waals surface area contributed by atoms with Crippen molar-refractivity contribution in [2.75, 3.05) is 19.8 Å². The fourth-order valence-electron chi connectivity index (χ4n) is 3.82. The Hall–Kier alpha value is -3.29. The predicted octanol–water partition coefficient (Wildman–Crippen LogP) is 6.56. The largest absolute Gasteiger partial charge is 0.490 e. The van der Waals surface area contributed by atoms with E-state index in [1.165, 1.54) is 17.3 Å². The lowest BCUT2D eigenvalue weighted by Gasteiger charge is -2.14. The van der Waals surface area contributed by atoms with Crippen molar-refractivity contribution in [2.24, 2.45) is 0 Å². The smallest absolute Gasteiger partial charge is 0.266 e. The third kappa shape index (κ3) is 6.47. The zero-order valence-corrected chi connectivity index (χ0v) is 22.3. The Kier molecular flexibility index (Phi) is 8.67. The van der Waals surface area contributed by atoms with Crippen LogP contribution >= 0.6 is 24.0 Å². The van der Waals surface area contributed by atoms with Crippen LogP contribution in [0.2, 0.25) is 0 Å². The first-order valence-corrected chi connectivity index (χ1v) is 13.1. The van der Waals surface area contributed by atoms with Crippen LogP contribution in [0.4, 0.5) is 0 Å². The highest BCUT2D eigenvalue weighted by atomic mass is 32.2. The van der Waals surface area contributed by atoms with Crippen LogP contribution in [0.1, 0.15) is 29.2 Å². The van der Waals surface area contributed by atoms with Gasteiger partial charge in [0, 0.05) is 0 Å². The number of aryl methyl sites for hydroxylation is 2. The third-order valence-corrected chi connectivity index (χ3v) is 6.93. The number of carbonyl (C=O) groups excluding carboxylic acids is 1. The van der Waals surface area contributed by atoms with Gasteiger partial charge in [0.15, 0.2) is 11.5 Å². The molecule has 0 N–H and O–H groups in total. The van der Waals surface area contributed by atoms with Gasteiger partial charge in [0.05, 0.1) is 18.1 Å². The zero-order chi connectivity index (χ0) is 25.5. The zero-order valence-electron chi connectivity index (χ0n) is 20.7. The quantitative estimate of drug-likeness (QED) is 0.172. The molecule has 1 amide bonds. The number of rotatable bonds is 10. The lowest BCUT2D eigenvalue weighted by Crippen LogP contribution is -2.27. The van der Waals surface area contributed by atoms with E-state index in [4.69, 9.17) is 26.4 Å². The highest BCUT2D eigenvalue weighted by Crippen LogP contribution is 2.35. The van der Waals surface area contributed by atoms with Gasteiger partial charge in [-0.3, -0.25) is 9.69 Å². The minimum Gasteiger partial charge on any atom is -0.490 e. The molecule has 186 valence electrons. The van der Waals surface area contributed by atoms with Crippen LogP contribution in [-0.4, -0.2) is 34.9 Å². The van der Waals surface area contributed by atoms with E-state index in [0.29, 0.717) is 47.1 Å². The summed E-state index contributed by atoms with van der Waals surface area (Å²) < 4.78 is 18.2. The number of benzene rings is 3. The van der Waals surface area contributed by atoms with E-state index >= 15 is 0 Å². The lowest BCUT2D eigenvalue weighted by molar-refractivity contribution is -0.122. The van der Waals surface area contributed by atoms with Crippen LogP contribution in [0.3, 0.4) is 0 Å². The SMILES string of the molecule is CCOc1cc(/C=C2\SC(=S)N(Cc3ccccc3)C2=O)ccc1OCCOc1ccc(C)cc1C. The molecule has 1 fully saturated rings. The molecule has 0 atom stereocenters. The first-order valence-electron chi connectivity index (χ1n) is 11.8. The molecule has 3 aromatic carbocycles. The summed E-state index contributed by atoms with van der Waals surface area (Å²) in [7, 11) is 0. The van der Waals surface area contributed by atoms with Crippen molar-refractivity contribution in [3.63, 3.8) is 0 Å². The fraction of sp³-hybridized carbons (Fsp3) is 0.241. The van der Waals surface area contributed by atoms with Crippen molar-refractivity contribution in [2.45, 2.75) is 27.3 Å². The highest BCUT2D eigenvalue weighted by Gasteiger charge is 2.32. The number of nitrogens with zero attached hydrogens (tertiary/aromatic N) is 1. The summed E-state index contributed by atoms with van der Waals surface area (Å²) in [6, 6.07) is 21.6. The van der Waals surface area contributed by atoms with Crippen molar-refractivity contribution >= 4 is 40.3 Å². The molecule has 7 heteroatoms. The van der Waals surface area contributed by atoms with Gasteiger partial charge in [0.2, 0.25) is 0 Å². The molecule has 0 bridgehead atoms. The molecule has 0 aromatic heterocycles. The van der Waals surface area contributed by atoms with Gasteiger partial charge < -0.3 is 14.2 Å². The number of carbonyl (C=O) groups is 1. The minimum atomic E-state index is -0.0873. The molecule has 0 aliphatic carbocycles. The first kappa shape index (κ1) is 25.8. The first-order chi connectivity index (χ1) is 17.4. The third-order valence-electron chi connectivity index (χ3n) is 5.55. The molecule has 5 nitrogen and oxygen atoms in total. The number of thioether (sulfide) groups is 1. The van der Waals surface area contributed by atoms with Gasteiger partial charge in [-0.25, -0.2) is 0 Å². The summed E-state index contributed by atoms with van der Waals surface area (Å²) in [6.45, 7) is 7.78. The van der Waals surface area contributed by atoms with E-state index in [2.05, 4.69) is 13.0 Å². The molecule has 36 heavy (non-hydrogen) atoms. The molecular formula is C29H29NO4S2. The van der Waals surface area contributed by atoms with Gasteiger partial charge in [-0.15, -0.1) is 0 Å². The summed E-state index contributed by atoms with van der Waals surface area (Å²) in [6.07, 6.45) is 1.85. The van der Waals surface area contributed by atoms with Gasteiger partial charge in [-0.05, 0) is 61.7 Å². The number of hydrogen-bond donors (Lipinski definition) is 0. The van der Waals surface area contributed by atoms with Crippen molar-refractivity contribution in [1.82, 2.24) is 4.90 Å². The van der Waals surface area contributed by atoms with E-state index in [9.17, 15) is 4.79 Å². The fourth-order valence-corrected chi connectivity index (χ4v) is 5.08. The Bertz CT molecular complexity index is 1270. The van der Waals surface area contributed by atoms with Gasteiger partial charge in [-0.1, -0.05) is 78.1 Å². The number of hydrogen-bond acceptors (Lipinski definition) is 6. The topological polar surface area (TPSA) is 48.0 Å². The molecule has 0 spiro atoms. The number of thiocarbonyl (C=S) groups is 1. The van der Waals surface area contributed by atoms with Gasteiger partial charge in [-0.2, -0.15) is 0 Å². The van der Waals surface area contributed by atoms with Crippen LogP contribution in [0.15, 0.2) is 71.6 Å². The van der Waals surface area contributed by atoms with Crippen molar-refractivity contribution in [1.29, 1.82) is 0 Å². The Morgan fingerprint density at radius 2 is 1.61 bits per heavy atom. The monoisotopic (exact) mass is 519 g/mol. The standard InChI is InChI=1S/C29H29NO4S2/c1-4-32-26-17-23(11-13-25(26)34-15-14-33-24-12-10-20(2)16-21(24)3)18-27-28(31)30(29(35)36-27)19-22-8-6-5-7-9-22/h5-13,16-18H,4,14-15,19H2,1-3H3/b27-18-. The number of amides is 1. The van der Waals surface area contributed by atoms with Crippen molar-refractivity contribution < 1.29 is 19.0 Å². The van der Waals surface area contributed by atoms with Crippen LogP contribution < -0.4 is 14.2 Å². The maximum Gasteiger partial charge on any atom is 0.266 e. The van der Waals surface area contributed by atoms with Crippen molar-refractivity contribution in [3.8, 4) is 17.2 Å². The molecule has 1 saturated heterocycles. The number of ether oxygens (including phenoxy) is 3. The minimum absolute atomic E-state index is 0.0873. The highest BCUT2D eigenvalue weighted by molar-refractivity contribution is 8.26. The van der Waals surface area contributed by atoms with E-state index in [1.54, 1.807) is 4.90 Å². The second-order valence-corrected chi connectivity index (χ2v) is 10.0. The average molecular weight is 520 g/mol. The van der Waals surface area contributed by atoms with Gasteiger partial charge in [0.1, 0.15) is 23.3 Å². The summed E-state index contributed by atoms with van der Waals surface area (Å²) in [4.78, 5) is 15.2. The molecule has 1 aliphatic rings.